The summed E-state index contributed by atoms with van der Waals surface area (Å²) in [6.07, 6.45) is 0.726. The summed E-state index contributed by atoms with van der Waals surface area (Å²) in [6, 6.07) is 3.20. The van der Waals surface area contributed by atoms with Crippen molar-refractivity contribution in [3.8, 4) is 11.5 Å². The molecule has 0 aliphatic rings. The van der Waals surface area contributed by atoms with Crippen molar-refractivity contribution in [2.45, 2.75) is 33.2 Å². The number of rotatable bonds is 6. The van der Waals surface area contributed by atoms with Crippen molar-refractivity contribution in [1.82, 2.24) is 5.32 Å². The summed E-state index contributed by atoms with van der Waals surface area (Å²) in [5.41, 5.74) is 0.152. The molecule has 0 aliphatic carbocycles. The summed E-state index contributed by atoms with van der Waals surface area (Å²) < 4.78 is 11.5. The van der Waals surface area contributed by atoms with E-state index in [4.69, 9.17) is 9.47 Å². The molecule has 5 nitrogen and oxygen atoms in total. The summed E-state index contributed by atoms with van der Waals surface area (Å²) in [5, 5.41) is 2.81. The number of ether oxygens (including phenoxy) is 2. The average Bonchev–Trinajstić information content (AvgIpc) is 2.35. The van der Waals surface area contributed by atoms with Gasteiger partial charge >= 0.3 is 0 Å². The van der Waals surface area contributed by atoms with Crippen molar-refractivity contribution < 1.29 is 19.1 Å². The molecule has 21 heavy (non-hydrogen) atoms. The minimum Gasteiger partial charge on any atom is -0.490 e. The van der Waals surface area contributed by atoms with E-state index in [-0.39, 0.29) is 18.1 Å². The Morgan fingerprint density at radius 2 is 2.00 bits per heavy atom. The molecule has 1 amide bonds. The first-order valence-electron chi connectivity index (χ1n) is 6.62. The minimum absolute atomic E-state index is 0.129. The van der Waals surface area contributed by atoms with Crippen LogP contribution in [0.25, 0.3) is 0 Å². The number of hydrogen-bond acceptors (Lipinski definition) is 4. The third kappa shape index (κ3) is 5.75. The molecule has 0 saturated carbocycles. The lowest BCUT2D eigenvalue weighted by atomic mass is 10.1. The van der Waals surface area contributed by atoms with Crippen LogP contribution in [0.5, 0.6) is 11.5 Å². The van der Waals surface area contributed by atoms with Crippen molar-refractivity contribution in [3.63, 3.8) is 0 Å². The zero-order valence-corrected chi connectivity index (χ0v) is 14.2. The monoisotopic (exact) mass is 357 g/mol. The van der Waals surface area contributed by atoms with Gasteiger partial charge in [-0.2, -0.15) is 0 Å². The van der Waals surface area contributed by atoms with Crippen LogP contribution in [0, 0.1) is 0 Å². The highest BCUT2D eigenvalue weighted by molar-refractivity contribution is 9.10. The van der Waals surface area contributed by atoms with Crippen LogP contribution < -0.4 is 14.8 Å². The number of carbonyl (C=O) groups excluding carboxylic acids is 2. The number of aldehydes is 1. The summed E-state index contributed by atoms with van der Waals surface area (Å²) >= 11 is 3.32. The lowest BCUT2D eigenvalue weighted by molar-refractivity contribution is -0.124. The SMILES string of the molecule is CCOc1cc(C=O)cc(Br)c1OCC(=O)NC(C)(C)C. The summed E-state index contributed by atoms with van der Waals surface area (Å²) in [5.74, 6) is 0.611. The highest BCUT2D eigenvalue weighted by atomic mass is 79.9. The van der Waals surface area contributed by atoms with Crippen LogP contribution in [0.4, 0.5) is 0 Å². The normalized spacial score (nSPS) is 10.9. The fourth-order valence-electron chi connectivity index (χ4n) is 1.65. The van der Waals surface area contributed by atoms with Crippen molar-refractivity contribution in [3.05, 3.63) is 22.2 Å². The van der Waals surface area contributed by atoms with Gasteiger partial charge < -0.3 is 14.8 Å². The van der Waals surface area contributed by atoms with Gasteiger partial charge in [0.25, 0.3) is 5.91 Å². The van der Waals surface area contributed by atoms with Crippen LogP contribution in [-0.2, 0) is 4.79 Å². The molecule has 0 bridgehead atoms. The van der Waals surface area contributed by atoms with Gasteiger partial charge in [-0.3, -0.25) is 9.59 Å². The second-order valence-electron chi connectivity index (χ2n) is 5.47. The molecule has 0 radical (unpaired) electrons. The van der Waals surface area contributed by atoms with Crippen LogP contribution in [0.15, 0.2) is 16.6 Å². The summed E-state index contributed by atoms with van der Waals surface area (Å²) in [6.45, 7) is 7.81. The molecule has 1 rings (SSSR count). The third-order valence-corrected chi connectivity index (χ3v) is 2.92. The lowest BCUT2D eigenvalue weighted by Gasteiger charge is -2.21. The Kier molecular flexibility index (Phi) is 6.20. The second kappa shape index (κ2) is 7.45. The van der Waals surface area contributed by atoms with Crippen molar-refractivity contribution in [1.29, 1.82) is 0 Å². The van der Waals surface area contributed by atoms with E-state index in [0.717, 1.165) is 6.29 Å². The van der Waals surface area contributed by atoms with Gasteiger partial charge in [-0.1, -0.05) is 0 Å². The largest absolute Gasteiger partial charge is 0.490 e. The van der Waals surface area contributed by atoms with Gasteiger partial charge in [0.1, 0.15) is 6.29 Å². The maximum absolute atomic E-state index is 11.8. The van der Waals surface area contributed by atoms with E-state index < -0.39 is 0 Å². The van der Waals surface area contributed by atoms with Gasteiger partial charge in [0.2, 0.25) is 0 Å². The predicted octanol–water partition coefficient (Wildman–Crippen LogP) is 2.95. The number of hydrogen-bond donors (Lipinski definition) is 1. The molecule has 0 spiro atoms. The Balaban J connectivity index is 2.87. The molecule has 0 unspecified atom stereocenters. The molecule has 0 heterocycles. The van der Waals surface area contributed by atoms with Gasteiger partial charge in [-0.25, -0.2) is 0 Å². The Hall–Kier alpha value is -1.56. The Labute approximate surface area is 133 Å². The van der Waals surface area contributed by atoms with Crippen molar-refractivity contribution in [2.75, 3.05) is 13.2 Å². The van der Waals surface area contributed by atoms with Crippen LogP contribution in [0.2, 0.25) is 0 Å². The van der Waals surface area contributed by atoms with E-state index in [1.165, 1.54) is 0 Å². The van der Waals surface area contributed by atoms with Crippen molar-refractivity contribution in [2.24, 2.45) is 0 Å². The minimum atomic E-state index is -0.318. The summed E-state index contributed by atoms with van der Waals surface area (Å²) in [4.78, 5) is 22.7. The van der Waals surface area contributed by atoms with Crippen LogP contribution >= 0.6 is 15.9 Å². The fraction of sp³-hybridized carbons (Fsp3) is 0.467. The maximum Gasteiger partial charge on any atom is 0.258 e. The number of halogens is 1. The molecule has 0 aliphatic heterocycles. The first kappa shape index (κ1) is 17.5. The van der Waals surface area contributed by atoms with Gasteiger partial charge in [-0.15, -0.1) is 0 Å². The standard InChI is InChI=1S/C15H20BrNO4/c1-5-20-12-7-10(8-18)6-11(16)14(12)21-9-13(19)17-15(2,3)4/h6-8H,5,9H2,1-4H3,(H,17,19). The van der Waals surface area contributed by atoms with Gasteiger partial charge in [-0.05, 0) is 55.8 Å². The van der Waals surface area contributed by atoms with E-state index in [1.54, 1.807) is 12.1 Å². The van der Waals surface area contributed by atoms with Crippen molar-refractivity contribution >= 4 is 28.1 Å². The molecule has 6 heteroatoms. The first-order chi connectivity index (χ1) is 9.76. The van der Waals surface area contributed by atoms with E-state index in [1.807, 2.05) is 27.7 Å². The van der Waals surface area contributed by atoms with Gasteiger partial charge in [0, 0.05) is 11.1 Å². The van der Waals surface area contributed by atoms with E-state index in [0.29, 0.717) is 28.1 Å². The smallest absolute Gasteiger partial charge is 0.258 e. The van der Waals surface area contributed by atoms with E-state index in [2.05, 4.69) is 21.2 Å². The molecule has 116 valence electrons. The first-order valence-corrected chi connectivity index (χ1v) is 7.41. The topological polar surface area (TPSA) is 64.6 Å². The number of amides is 1. The molecule has 0 saturated heterocycles. The Morgan fingerprint density at radius 1 is 1.33 bits per heavy atom. The molecule has 0 fully saturated rings. The molecular weight excluding hydrogens is 338 g/mol. The Bertz CT molecular complexity index is 523. The number of nitrogens with one attached hydrogen (secondary N) is 1. The average molecular weight is 358 g/mol. The quantitative estimate of drug-likeness (QED) is 0.795. The molecule has 1 aromatic carbocycles. The van der Waals surface area contributed by atoms with Crippen LogP contribution in [-0.4, -0.2) is 30.9 Å². The fourth-order valence-corrected chi connectivity index (χ4v) is 2.23. The number of benzene rings is 1. The third-order valence-electron chi connectivity index (χ3n) is 2.33. The molecule has 1 aromatic rings. The van der Waals surface area contributed by atoms with Crippen LogP contribution in [0.3, 0.4) is 0 Å². The highest BCUT2D eigenvalue weighted by Crippen LogP contribution is 2.36. The highest BCUT2D eigenvalue weighted by Gasteiger charge is 2.17. The Morgan fingerprint density at radius 3 is 2.52 bits per heavy atom. The second-order valence-corrected chi connectivity index (χ2v) is 6.32. The number of carbonyl (C=O) groups is 2. The molecule has 0 atom stereocenters. The van der Waals surface area contributed by atoms with Gasteiger partial charge in [0.05, 0.1) is 11.1 Å². The molecule has 0 aromatic heterocycles. The predicted molar refractivity (Wildman–Crippen MR) is 84.1 cm³/mol. The van der Waals surface area contributed by atoms with E-state index >= 15 is 0 Å². The maximum atomic E-state index is 11.8. The van der Waals surface area contributed by atoms with E-state index in [9.17, 15) is 9.59 Å². The summed E-state index contributed by atoms with van der Waals surface area (Å²) in [7, 11) is 0. The zero-order valence-electron chi connectivity index (χ0n) is 12.7. The molecule has 1 N–H and O–H groups in total. The molecular formula is C15H20BrNO4. The van der Waals surface area contributed by atoms with Gasteiger partial charge in [0.15, 0.2) is 18.1 Å². The lowest BCUT2D eigenvalue weighted by Crippen LogP contribution is -2.43. The zero-order chi connectivity index (χ0) is 16.0. The van der Waals surface area contributed by atoms with Crippen LogP contribution in [0.1, 0.15) is 38.1 Å².